The third kappa shape index (κ3) is 5.46. The van der Waals surface area contributed by atoms with E-state index in [4.69, 9.17) is 4.52 Å². The van der Waals surface area contributed by atoms with Crippen LogP contribution in [-0.2, 0) is 24.3 Å². The van der Waals surface area contributed by atoms with Gasteiger partial charge in [0.15, 0.2) is 5.76 Å². The Morgan fingerprint density at radius 2 is 2.13 bits per heavy atom. The van der Waals surface area contributed by atoms with Gasteiger partial charge in [0.2, 0.25) is 5.91 Å². The van der Waals surface area contributed by atoms with Gasteiger partial charge in [-0.25, -0.2) is 0 Å². The van der Waals surface area contributed by atoms with Crippen molar-refractivity contribution in [3.8, 4) is 0 Å². The highest BCUT2D eigenvalue weighted by molar-refractivity contribution is 5.78. The molecular weight excluding hydrogens is 378 g/mol. The van der Waals surface area contributed by atoms with Gasteiger partial charge >= 0.3 is 0 Å². The molecule has 1 N–H and O–H groups in total. The van der Waals surface area contributed by atoms with Crippen LogP contribution in [0.1, 0.15) is 49.6 Å². The second-order valence-corrected chi connectivity index (χ2v) is 8.56. The van der Waals surface area contributed by atoms with E-state index in [0.29, 0.717) is 12.6 Å². The molecule has 7 nitrogen and oxygen atoms in total. The van der Waals surface area contributed by atoms with Gasteiger partial charge in [-0.3, -0.25) is 19.6 Å². The summed E-state index contributed by atoms with van der Waals surface area (Å²) in [5, 5.41) is 7.04. The molecule has 0 aliphatic carbocycles. The van der Waals surface area contributed by atoms with Crippen LogP contribution in [-0.4, -0.2) is 58.1 Å². The van der Waals surface area contributed by atoms with Crippen molar-refractivity contribution in [2.24, 2.45) is 5.92 Å². The predicted molar refractivity (Wildman–Crippen MR) is 115 cm³/mol. The summed E-state index contributed by atoms with van der Waals surface area (Å²) in [7, 11) is 0. The van der Waals surface area contributed by atoms with Gasteiger partial charge in [-0.1, -0.05) is 18.1 Å². The smallest absolute Gasteiger partial charge is 0.224 e. The topological polar surface area (TPSA) is 74.5 Å². The lowest BCUT2D eigenvalue weighted by Crippen LogP contribution is -2.50. The quantitative estimate of drug-likeness (QED) is 0.755. The number of hydrogen-bond acceptors (Lipinski definition) is 6. The maximum atomic E-state index is 12.7. The first kappa shape index (κ1) is 21.0. The first-order chi connectivity index (χ1) is 14.7. The van der Waals surface area contributed by atoms with Crippen LogP contribution in [0.4, 0.5) is 0 Å². The minimum atomic E-state index is 0.0701. The predicted octanol–water partition coefficient (Wildman–Crippen LogP) is 2.62. The van der Waals surface area contributed by atoms with E-state index in [0.717, 1.165) is 63.4 Å². The van der Waals surface area contributed by atoms with Crippen LogP contribution in [0.5, 0.6) is 0 Å². The Morgan fingerprint density at radius 3 is 2.87 bits per heavy atom. The van der Waals surface area contributed by atoms with Crippen molar-refractivity contribution >= 4 is 5.91 Å². The lowest BCUT2D eigenvalue weighted by molar-refractivity contribution is -0.127. The van der Waals surface area contributed by atoms with E-state index in [2.05, 4.69) is 31.3 Å². The summed E-state index contributed by atoms with van der Waals surface area (Å²) < 4.78 is 5.28. The number of aromatic nitrogens is 2. The zero-order chi connectivity index (χ0) is 20.8. The molecule has 2 aliphatic heterocycles. The summed E-state index contributed by atoms with van der Waals surface area (Å²) in [5.74, 6) is 0.942. The summed E-state index contributed by atoms with van der Waals surface area (Å²) in [4.78, 5) is 22.0. The van der Waals surface area contributed by atoms with Crippen molar-refractivity contribution in [1.82, 2.24) is 25.3 Å². The van der Waals surface area contributed by atoms with Crippen LogP contribution >= 0.6 is 0 Å². The highest BCUT2D eigenvalue weighted by Crippen LogP contribution is 2.24. The summed E-state index contributed by atoms with van der Waals surface area (Å²) >= 11 is 0. The Bertz CT molecular complexity index is 801. The van der Waals surface area contributed by atoms with E-state index in [1.54, 1.807) is 0 Å². The van der Waals surface area contributed by atoms with Crippen molar-refractivity contribution < 1.29 is 9.32 Å². The SMILES string of the molecule is CCc1cc(CNC(=O)[C@@H]2CCCN(C3CCN(Cc4cccnc4)CC3)C2)on1. The monoisotopic (exact) mass is 411 g/mol. The first-order valence-electron chi connectivity index (χ1n) is 11.3. The van der Waals surface area contributed by atoms with Crippen LogP contribution in [0.15, 0.2) is 35.1 Å². The second kappa shape index (κ2) is 10.2. The zero-order valence-electron chi connectivity index (χ0n) is 17.9. The maximum absolute atomic E-state index is 12.7. The number of likely N-dealkylation sites (tertiary alicyclic amines) is 2. The minimum absolute atomic E-state index is 0.0701. The molecule has 4 heterocycles. The van der Waals surface area contributed by atoms with Gasteiger partial charge in [-0.15, -0.1) is 0 Å². The van der Waals surface area contributed by atoms with Crippen molar-refractivity contribution in [3.05, 3.63) is 47.6 Å². The van der Waals surface area contributed by atoms with Gasteiger partial charge < -0.3 is 9.84 Å². The molecular formula is C23H33N5O2. The average molecular weight is 412 g/mol. The molecule has 1 amide bonds. The summed E-state index contributed by atoms with van der Waals surface area (Å²) in [6, 6.07) is 6.67. The van der Waals surface area contributed by atoms with E-state index >= 15 is 0 Å². The summed E-state index contributed by atoms with van der Waals surface area (Å²) in [6.45, 7) is 7.65. The van der Waals surface area contributed by atoms with Gasteiger partial charge in [0.1, 0.15) is 0 Å². The third-order valence-corrected chi connectivity index (χ3v) is 6.43. The van der Waals surface area contributed by atoms with E-state index in [-0.39, 0.29) is 11.8 Å². The third-order valence-electron chi connectivity index (χ3n) is 6.43. The van der Waals surface area contributed by atoms with E-state index in [1.807, 2.05) is 31.5 Å². The fourth-order valence-corrected chi connectivity index (χ4v) is 4.67. The molecule has 0 radical (unpaired) electrons. The van der Waals surface area contributed by atoms with E-state index in [9.17, 15) is 4.79 Å². The average Bonchev–Trinajstić information content (AvgIpc) is 3.27. The van der Waals surface area contributed by atoms with Gasteiger partial charge in [-0.05, 0) is 63.4 Å². The number of carbonyl (C=O) groups is 1. The van der Waals surface area contributed by atoms with Crippen LogP contribution in [0, 0.1) is 5.92 Å². The molecule has 162 valence electrons. The second-order valence-electron chi connectivity index (χ2n) is 8.56. The standard InChI is InChI=1S/C23H33N5O2/c1-2-20-13-22(30-26-20)15-25-23(29)19-6-4-10-28(17-19)21-7-11-27(12-8-21)16-18-5-3-9-24-14-18/h3,5,9,13-14,19,21H,2,4,6-8,10-12,15-17H2,1H3,(H,25,29)/t19-/m1/s1. The number of pyridine rings is 1. The maximum Gasteiger partial charge on any atom is 0.224 e. The molecule has 0 unspecified atom stereocenters. The van der Waals surface area contributed by atoms with Crippen molar-refractivity contribution in [2.75, 3.05) is 26.2 Å². The molecule has 0 spiro atoms. The largest absolute Gasteiger partial charge is 0.359 e. The normalized spacial score (nSPS) is 21.6. The highest BCUT2D eigenvalue weighted by Gasteiger charge is 2.31. The Hall–Kier alpha value is -2.25. The number of nitrogens with zero attached hydrogens (tertiary/aromatic N) is 4. The molecule has 1 atom stereocenters. The summed E-state index contributed by atoms with van der Waals surface area (Å²) in [6.07, 6.45) is 9.04. The zero-order valence-corrected chi connectivity index (χ0v) is 17.9. The lowest BCUT2D eigenvalue weighted by atomic mass is 9.93. The number of hydrogen-bond donors (Lipinski definition) is 1. The fraction of sp³-hybridized carbons (Fsp3) is 0.609. The van der Waals surface area contributed by atoms with E-state index < -0.39 is 0 Å². The molecule has 2 saturated heterocycles. The molecule has 4 rings (SSSR count). The fourth-order valence-electron chi connectivity index (χ4n) is 4.67. The molecule has 0 bridgehead atoms. The van der Waals surface area contributed by atoms with Gasteiger partial charge in [0.05, 0.1) is 18.2 Å². The number of aryl methyl sites for hydroxylation is 1. The van der Waals surface area contributed by atoms with Crippen LogP contribution in [0.3, 0.4) is 0 Å². The Balaban J connectivity index is 1.22. The number of amides is 1. The van der Waals surface area contributed by atoms with Crippen molar-refractivity contribution in [3.63, 3.8) is 0 Å². The lowest BCUT2D eigenvalue weighted by Gasteiger charge is -2.42. The number of carbonyl (C=O) groups excluding carboxylic acids is 1. The number of nitrogens with one attached hydrogen (secondary N) is 1. The molecule has 30 heavy (non-hydrogen) atoms. The number of rotatable bonds is 7. The van der Waals surface area contributed by atoms with Crippen molar-refractivity contribution in [2.45, 2.75) is 58.2 Å². The van der Waals surface area contributed by atoms with Crippen molar-refractivity contribution in [1.29, 1.82) is 0 Å². The molecule has 2 aliphatic rings. The number of piperidine rings is 2. The van der Waals surface area contributed by atoms with Gasteiger partial charge in [0, 0.05) is 37.6 Å². The first-order valence-corrected chi connectivity index (χ1v) is 11.3. The molecule has 7 heteroatoms. The molecule has 2 aromatic heterocycles. The van der Waals surface area contributed by atoms with Crippen LogP contribution in [0.2, 0.25) is 0 Å². The minimum Gasteiger partial charge on any atom is -0.359 e. The molecule has 2 fully saturated rings. The van der Waals surface area contributed by atoms with Gasteiger partial charge in [-0.2, -0.15) is 0 Å². The molecule has 0 saturated carbocycles. The van der Waals surface area contributed by atoms with E-state index in [1.165, 1.54) is 18.4 Å². The summed E-state index contributed by atoms with van der Waals surface area (Å²) in [5.41, 5.74) is 2.21. The van der Waals surface area contributed by atoms with Crippen LogP contribution < -0.4 is 5.32 Å². The van der Waals surface area contributed by atoms with Crippen LogP contribution in [0.25, 0.3) is 0 Å². The Morgan fingerprint density at radius 1 is 1.27 bits per heavy atom. The Kier molecular flexibility index (Phi) is 7.12. The van der Waals surface area contributed by atoms with Gasteiger partial charge in [0.25, 0.3) is 0 Å². The molecule has 0 aromatic carbocycles. The molecule has 2 aromatic rings. The Labute approximate surface area is 178 Å². The highest BCUT2D eigenvalue weighted by atomic mass is 16.5.